The third-order valence-corrected chi connectivity index (χ3v) is 4.52. The first kappa shape index (κ1) is 21.0. The van der Waals surface area contributed by atoms with Gasteiger partial charge in [-0.2, -0.15) is 26.3 Å². The maximum absolute atomic E-state index is 12.6. The molecule has 1 rings (SSSR count). The van der Waals surface area contributed by atoms with E-state index in [1.807, 2.05) is 0 Å². The average molecular weight is 398 g/mol. The zero-order valence-electron chi connectivity index (χ0n) is 12.8. The lowest BCUT2D eigenvalue weighted by atomic mass is 10.0. The molecule has 0 saturated heterocycles. The predicted octanol–water partition coefficient (Wildman–Crippen LogP) is 1.67. The summed E-state index contributed by atoms with van der Waals surface area (Å²) in [4.78, 5) is 12.2. The van der Waals surface area contributed by atoms with Crippen LogP contribution >= 0.6 is 0 Å². The molecule has 0 aliphatic rings. The van der Waals surface area contributed by atoms with Gasteiger partial charge in [0.05, 0.1) is 0 Å². The second-order valence-corrected chi connectivity index (χ2v) is 6.58. The number of nitrogens with one attached hydrogen (secondary N) is 3. The minimum absolute atomic E-state index is 0.136. The second-order valence-electron chi connectivity index (χ2n) is 4.96. The van der Waals surface area contributed by atoms with E-state index < -0.39 is 38.8 Å². The molecule has 1 aromatic heterocycles. The van der Waals surface area contributed by atoms with Crippen molar-refractivity contribution in [2.45, 2.75) is 43.6 Å². The maximum Gasteiger partial charge on any atom is 0.420 e. The van der Waals surface area contributed by atoms with Gasteiger partial charge in [0.2, 0.25) is 5.54 Å². The van der Waals surface area contributed by atoms with Gasteiger partial charge in [0.1, 0.15) is 10.6 Å². The van der Waals surface area contributed by atoms with Crippen molar-refractivity contribution in [3.8, 4) is 0 Å². The SMILES string of the molecule is Cc1noc(C)c1S(=O)(=O)NNC(=O)NC(C)(C(F)(F)F)C(F)(F)F. The van der Waals surface area contributed by atoms with Crippen LogP contribution in [-0.2, 0) is 10.0 Å². The van der Waals surface area contributed by atoms with E-state index >= 15 is 0 Å². The van der Waals surface area contributed by atoms with Crippen LogP contribution in [0.3, 0.4) is 0 Å². The summed E-state index contributed by atoms with van der Waals surface area (Å²) < 4.78 is 104. The van der Waals surface area contributed by atoms with Gasteiger partial charge < -0.3 is 9.84 Å². The van der Waals surface area contributed by atoms with E-state index in [2.05, 4.69) is 9.68 Å². The highest BCUT2D eigenvalue weighted by atomic mass is 32.2. The monoisotopic (exact) mass is 398 g/mol. The fourth-order valence-corrected chi connectivity index (χ4v) is 2.75. The average Bonchev–Trinajstić information content (AvgIpc) is 2.74. The molecular formula is C10H12F6N4O4S. The quantitative estimate of drug-likeness (QED) is 0.528. The molecule has 0 unspecified atom stereocenters. The van der Waals surface area contributed by atoms with Crippen LogP contribution in [0.2, 0.25) is 0 Å². The minimum atomic E-state index is -5.89. The fourth-order valence-electron chi connectivity index (χ4n) is 1.58. The molecular weight excluding hydrogens is 386 g/mol. The van der Waals surface area contributed by atoms with Crippen LogP contribution in [0, 0.1) is 13.8 Å². The molecule has 0 aliphatic carbocycles. The van der Waals surface area contributed by atoms with Crippen LogP contribution in [0.25, 0.3) is 0 Å². The molecule has 8 nitrogen and oxygen atoms in total. The molecule has 25 heavy (non-hydrogen) atoms. The summed E-state index contributed by atoms with van der Waals surface area (Å²) in [5.74, 6) is -0.206. The summed E-state index contributed by atoms with van der Waals surface area (Å²) in [6, 6.07) is -2.08. The molecule has 2 amide bonds. The van der Waals surface area contributed by atoms with E-state index in [1.165, 1.54) is 24.1 Å². The van der Waals surface area contributed by atoms with E-state index in [-0.39, 0.29) is 18.4 Å². The molecule has 0 saturated carbocycles. The Morgan fingerprint density at radius 2 is 1.56 bits per heavy atom. The summed E-state index contributed by atoms with van der Waals surface area (Å²) in [6.07, 6.45) is -11.8. The molecule has 15 heteroatoms. The number of hydrogen-bond donors (Lipinski definition) is 3. The van der Waals surface area contributed by atoms with Crippen molar-refractivity contribution in [2.24, 2.45) is 0 Å². The molecule has 0 fully saturated rings. The first-order valence-electron chi connectivity index (χ1n) is 6.19. The maximum atomic E-state index is 12.6. The van der Waals surface area contributed by atoms with Gasteiger partial charge in [-0.1, -0.05) is 5.16 Å². The molecule has 0 bridgehead atoms. The Morgan fingerprint density at radius 3 is 1.92 bits per heavy atom. The number of urea groups is 1. The van der Waals surface area contributed by atoms with Crippen molar-refractivity contribution >= 4 is 16.1 Å². The van der Waals surface area contributed by atoms with Crippen molar-refractivity contribution in [2.75, 3.05) is 0 Å². The van der Waals surface area contributed by atoms with Gasteiger partial charge in [-0.15, -0.1) is 4.83 Å². The number of hydrogen-bond acceptors (Lipinski definition) is 5. The topological polar surface area (TPSA) is 113 Å². The summed E-state index contributed by atoms with van der Waals surface area (Å²) in [5, 5.41) is 3.97. The lowest BCUT2D eigenvalue weighted by molar-refractivity contribution is -0.297. The van der Waals surface area contributed by atoms with E-state index in [0.29, 0.717) is 5.32 Å². The van der Waals surface area contributed by atoms with Crippen LogP contribution < -0.4 is 15.6 Å². The first-order chi connectivity index (χ1) is 11.0. The van der Waals surface area contributed by atoms with Crippen LogP contribution in [-0.4, -0.2) is 37.5 Å². The number of halogens is 6. The molecule has 144 valence electrons. The molecule has 0 atom stereocenters. The Bertz CT molecular complexity index is 721. The summed E-state index contributed by atoms with van der Waals surface area (Å²) in [6.45, 7) is 2.10. The molecule has 1 heterocycles. The van der Waals surface area contributed by atoms with Crippen molar-refractivity contribution in [1.29, 1.82) is 0 Å². The number of amides is 2. The third-order valence-electron chi connectivity index (χ3n) is 3.03. The number of aromatic nitrogens is 1. The number of alkyl halides is 6. The first-order valence-corrected chi connectivity index (χ1v) is 7.67. The summed E-state index contributed by atoms with van der Waals surface area (Å²) in [7, 11) is -4.54. The van der Waals surface area contributed by atoms with Crippen LogP contribution in [0.5, 0.6) is 0 Å². The van der Waals surface area contributed by atoms with E-state index in [9.17, 15) is 39.6 Å². The minimum Gasteiger partial charge on any atom is -0.360 e. The van der Waals surface area contributed by atoms with Gasteiger partial charge in [0.15, 0.2) is 5.76 Å². The van der Waals surface area contributed by atoms with Crippen LogP contribution in [0.4, 0.5) is 31.1 Å². The lowest BCUT2D eigenvalue weighted by Crippen LogP contribution is -2.67. The number of nitrogens with zero attached hydrogens (tertiary/aromatic N) is 1. The van der Waals surface area contributed by atoms with Crippen LogP contribution in [0.15, 0.2) is 9.42 Å². The summed E-state index contributed by atoms with van der Waals surface area (Å²) >= 11 is 0. The van der Waals surface area contributed by atoms with Gasteiger partial charge in [0.25, 0.3) is 10.0 Å². The molecule has 0 aromatic carbocycles. The Hall–Kier alpha value is -2.03. The molecule has 1 aromatic rings. The second kappa shape index (κ2) is 6.36. The van der Waals surface area contributed by atoms with Gasteiger partial charge in [-0.3, -0.25) is 5.43 Å². The number of hydrazine groups is 1. The number of carbonyl (C=O) groups is 1. The molecule has 0 radical (unpaired) electrons. The standard InChI is InChI=1S/C10H12F6N4O4S/c1-4-6(5(2)24-19-4)25(22,23)20-18-7(21)17-8(3,9(11,12)13)10(14,15)16/h20H,1-3H3,(H2,17,18,21). The van der Waals surface area contributed by atoms with Crippen molar-refractivity contribution < 1.29 is 44.1 Å². The Labute approximate surface area is 136 Å². The number of sulfonamides is 1. The van der Waals surface area contributed by atoms with Gasteiger partial charge in [-0.05, 0) is 20.8 Å². The fraction of sp³-hybridized carbons (Fsp3) is 0.600. The van der Waals surface area contributed by atoms with Crippen molar-refractivity contribution in [1.82, 2.24) is 20.7 Å². The highest BCUT2D eigenvalue weighted by molar-refractivity contribution is 7.89. The third kappa shape index (κ3) is 4.15. The lowest BCUT2D eigenvalue weighted by Gasteiger charge is -2.34. The molecule has 0 aliphatic heterocycles. The zero-order valence-corrected chi connectivity index (χ0v) is 13.6. The van der Waals surface area contributed by atoms with Gasteiger partial charge in [-0.25, -0.2) is 13.2 Å². The predicted molar refractivity (Wildman–Crippen MR) is 68.5 cm³/mol. The Balaban J connectivity index is 2.94. The largest absolute Gasteiger partial charge is 0.420 e. The number of rotatable bonds is 4. The van der Waals surface area contributed by atoms with E-state index in [0.717, 1.165) is 0 Å². The van der Waals surface area contributed by atoms with Crippen molar-refractivity contribution in [3.63, 3.8) is 0 Å². The number of aryl methyl sites for hydroxylation is 2. The molecule has 3 N–H and O–H groups in total. The normalized spacial score (nSPS) is 13.6. The number of carbonyl (C=O) groups excluding carboxylic acids is 1. The zero-order chi connectivity index (χ0) is 19.8. The highest BCUT2D eigenvalue weighted by Gasteiger charge is 2.68. The summed E-state index contributed by atoms with van der Waals surface area (Å²) in [5.41, 5.74) is -3.53. The Kier molecular flexibility index (Phi) is 5.35. The van der Waals surface area contributed by atoms with Crippen molar-refractivity contribution in [3.05, 3.63) is 11.5 Å². The van der Waals surface area contributed by atoms with Crippen LogP contribution in [0.1, 0.15) is 18.4 Å². The van der Waals surface area contributed by atoms with E-state index in [4.69, 9.17) is 0 Å². The Morgan fingerprint density at radius 1 is 1.08 bits per heavy atom. The van der Waals surface area contributed by atoms with Gasteiger partial charge >= 0.3 is 18.4 Å². The van der Waals surface area contributed by atoms with E-state index in [1.54, 1.807) is 0 Å². The molecule has 0 spiro atoms. The van der Waals surface area contributed by atoms with Gasteiger partial charge in [0, 0.05) is 0 Å². The highest BCUT2D eigenvalue weighted by Crippen LogP contribution is 2.42. The smallest absolute Gasteiger partial charge is 0.360 e.